The molecule has 0 aliphatic carbocycles. The smallest absolute Gasteiger partial charge is 0.226 e. The van der Waals surface area contributed by atoms with E-state index in [1.54, 1.807) is 6.26 Å². The summed E-state index contributed by atoms with van der Waals surface area (Å²) in [6, 6.07) is 7.99. The van der Waals surface area contributed by atoms with Crippen LogP contribution in [0.5, 0.6) is 0 Å². The van der Waals surface area contributed by atoms with E-state index in [4.69, 9.17) is 21.8 Å². The average Bonchev–Trinajstić information content (AvgIpc) is 2.96. The minimum Gasteiger partial charge on any atom is -0.444 e. The highest BCUT2D eigenvalue weighted by atomic mass is 35.5. The van der Waals surface area contributed by atoms with E-state index in [1.165, 1.54) is 12.8 Å². The van der Waals surface area contributed by atoms with Crippen molar-refractivity contribution in [3.8, 4) is 11.5 Å². The van der Waals surface area contributed by atoms with Crippen molar-refractivity contribution < 1.29 is 4.42 Å². The number of nitrogens with zero attached hydrogens (tertiary/aromatic N) is 2. The van der Waals surface area contributed by atoms with Crippen LogP contribution in [0.1, 0.15) is 25.5 Å². The van der Waals surface area contributed by atoms with E-state index in [0.29, 0.717) is 29.4 Å². The van der Waals surface area contributed by atoms with E-state index < -0.39 is 0 Å². The van der Waals surface area contributed by atoms with Gasteiger partial charge < -0.3 is 10.2 Å². The fraction of sp³-hybridized carbons (Fsp3) is 0.471. The van der Waals surface area contributed by atoms with E-state index in [1.807, 2.05) is 24.3 Å². The van der Waals surface area contributed by atoms with Gasteiger partial charge in [-0.1, -0.05) is 24.6 Å². The highest BCUT2D eigenvalue weighted by Gasteiger charge is 2.27. The van der Waals surface area contributed by atoms with Crippen LogP contribution in [0.3, 0.4) is 0 Å². The first kappa shape index (κ1) is 15.5. The first-order valence-corrected chi connectivity index (χ1v) is 8.19. The van der Waals surface area contributed by atoms with Crippen LogP contribution < -0.4 is 5.73 Å². The first-order chi connectivity index (χ1) is 10.7. The van der Waals surface area contributed by atoms with E-state index in [2.05, 4.69) is 16.8 Å². The van der Waals surface area contributed by atoms with Gasteiger partial charge in [-0.2, -0.15) is 0 Å². The van der Waals surface area contributed by atoms with Crippen molar-refractivity contribution >= 4 is 11.6 Å². The summed E-state index contributed by atoms with van der Waals surface area (Å²) < 4.78 is 5.62. The van der Waals surface area contributed by atoms with Gasteiger partial charge in [0, 0.05) is 29.7 Å². The molecule has 0 amide bonds. The molecule has 118 valence electrons. The van der Waals surface area contributed by atoms with Gasteiger partial charge in [0.1, 0.15) is 6.26 Å². The maximum atomic E-state index is 6.02. The van der Waals surface area contributed by atoms with Gasteiger partial charge in [-0.15, -0.1) is 0 Å². The summed E-state index contributed by atoms with van der Waals surface area (Å²) in [4.78, 5) is 7.03. The molecule has 0 bridgehead atoms. The Balaban J connectivity index is 1.74. The number of oxazole rings is 1. The minimum atomic E-state index is 0.431. The van der Waals surface area contributed by atoms with Crippen molar-refractivity contribution in [2.24, 2.45) is 11.7 Å². The second-order valence-electron chi connectivity index (χ2n) is 6.05. The molecule has 4 nitrogen and oxygen atoms in total. The number of aromatic nitrogens is 1. The number of piperidine rings is 1. The third-order valence-corrected chi connectivity index (χ3v) is 4.70. The Hall–Kier alpha value is -1.36. The zero-order valence-corrected chi connectivity index (χ0v) is 13.6. The van der Waals surface area contributed by atoms with Gasteiger partial charge in [0.2, 0.25) is 5.89 Å². The van der Waals surface area contributed by atoms with Crippen LogP contribution in [-0.2, 0) is 6.54 Å². The summed E-state index contributed by atoms with van der Waals surface area (Å²) in [5.74, 6) is 1.25. The Morgan fingerprint density at radius 3 is 3.09 bits per heavy atom. The molecule has 2 N–H and O–H groups in total. The average molecular weight is 320 g/mol. The van der Waals surface area contributed by atoms with Crippen LogP contribution in [0, 0.1) is 5.92 Å². The molecule has 0 spiro atoms. The molecule has 2 aromatic rings. The molecular formula is C17H22ClN3O. The number of halogens is 1. The highest BCUT2D eigenvalue weighted by Crippen LogP contribution is 2.26. The Morgan fingerprint density at radius 2 is 2.32 bits per heavy atom. The van der Waals surface area contributed by atoms with Crippen LogP contribution in [0.2, 0.25) is 5.02 Å². The summed E-state index contributed by atoms with van der Waals surface area (Å²) in [7, 11) is 0. The fourth-order valence-electron chi connectivity index (χ4n) is 3.25. The van der Waals surface area contributed by atoms with Crippen LogP contribution in [0.25, 0.3) is 11.5 Å². The summed E-state index contributed by atoms with van der Waals surface area (Å²) in [5.41, 5.74) is 7.80. The third kappa shape index (κ3) is 3.35. The van der Waals surface area contributed by atoms with Crippen molar-refractivity contribution in [2.75, 3.05) is 13.1 Å². The second kappa shape index (κ2) is 6.82. The van der Waals surface area contributed by atoms with Gasteiger partial charge in [0.15, 0.2) is 0 Å². The molecule has 1 saturated heterocycles. The largest absolute Gasteiger partial charge is 0.444 e. The van der Waals surface area contributed by atoms with E-state index in [0.717, 1.165) is 24.3 Å². The lowest BCUT2D eigenvalue weighted by molar-refractivity contribution is 0.0977. The van der Waals surface area contributed by atoms with Crippen LogP contribution in [0.4, 0.5) is 0 Å². The lowest BCUT2D eigenvalue weighted by Gasteiger charge is -2.38. The number of likely N-dealkylation sites (tertiary alicyclic amines) is 1. The maximum absolute atomic E-state index is 6.02. The molecule has 1 fully saturated rings. The topological polar surface area (TPSA) is 55.3 Å². The van der Waals surface area contributed by atoms with E-state index in [-0.39, 0.29) is 0 Å². The molecule has 2 unspecified atom stereocenters. The lowest BCUT2D eigenvalue weighted by atomic mass is 9.91. The Bertz CT molecular complexity index is 628. The number of nitrogens with two attached hydrogens (primary N) is 1. The quantitative estimate of drug-likeness (QED) is 0.936. The molecular weight excluding hydrogens is 298 g/mol. The zero-order chi connectivity index (χ0) is 15.5. The molecule has 2 heterocycles. The van der Waals surface area contributed by atoms with Crippen molar-refractivity contribution in [1.29, 1.82) is 0 Å². The van der Waals surface area contributed by atoms with Crippen molar-refractivity contribution in [3.05, 3.63) is 41.2 Å². The van der Waals surface area contributed by atoms with Crippen LogP contribution in [0.15, 0.2) is 34.9 Å². The predicted molar refractivity (Wildman–Crippen MR) is 88.6 cm³/mol. The molecule has 3 rings (SSSR count). The zero-order valence-electron chi connectivity index (χ0n) is 12.8. The molecule has 1 aromatic carbocycles. The van der Waals surface area contributed by atoms with Crippen molar-refractivity contribution in [1.82, 2.24) is 9.88 Å². The molecule has 0 saturated carbocycles. The van der Waals surface area contributed by atoms with Gasteiger partial charge >= 0.3 is 0 Å². The normalized spacial score (nSPS) is 22.9. The Labute approximate surface area is 136 Å². The predicted octanol–water partition coefficient (Wildman–Crippen LogP) is 3.55. The van der Waals surface area contributed by atoms with Crippen molar-refractivity contribution in [3.63, 3.8) is 0 Å². The molecule has 2 atom stereocenters. The SMILES string of the molecule is CC1CCCN(Cc2coc(-c3cccc(Cl)c3)n2)C1CN. The summed E-state index contributed by atoms with van der Waals surface area (Å²) >= 11 is 6.02. The summed E-state index contributed by atoms with van der Waals surface area (Å²) in [5, 5.41) is 0.685. The monoisotopic (exact) mass is 319 g/mol. The molecule has 22 heavy (non-hydrogen) atoms. The van der Waals surface area contributed by atoms with Crippen LogP contribution >= 0.6 is 11.6 Å². The van der Waals surface area contributed by atoms with Gasteiger partial charge in [-0.3, -0.25) is 4.90 Å². The summed E-state index contributed by atoms with van der Waals surface area (Å²) in [6.45, 7) is 4.84. The Kier molecular flexibility index (Phi) is 4.81. The van der Waals surface area contributed by atoms with E-state index in [9.17, 15) is 0 Å². The van der Waals surface area contributed by atoms with Gasteiger partial charge in [-0.25, -0.2) is 4.98 Å². The summed E-state index contributed by atoms with van der Waals surface area (Å²) in [6.07, 6.45) is 4.21. The number of benzene rings is 1. The maximum Gasteiger partial charge on any atom is 0.226 e. The molecule has 1 aromatic heterocycles. The standard InChI is InChI=1S/C17H22ClN3O/c1-12-4-3-7-21(16(12)9-19)10-15-11-22-17(20-15)13-5-2-6-14(18)8-13/h2,5-6,8,11-12,16H,3-4,7,9-10,19H2,1H3. The molecule has 1 aliphatic heterocycles. The number of hydrogen-bond donors (Lipinski definition) is 1. The van der Waals surface area contributed by atoms with Gasteiger partial charge in [-0.05, 0) is 43.5 Å². The fourth-order valence-corrected chi connectivity index (χ4v) is 3.44. The third-order valence-electron chi connectivity index (χ3n) is 4.46. The van der Waals surface area contributed by atoms with E-state index >= 15 is 0 Å². The number of rotatable bonds is 4. The second-order valence-corrected chi connectivity index (χ2v) is 6.48. The highest BCUT2D eigenvalue weighted by molar-refractivity contribution is 6.30. The molecule has 1 aliphatic rings. The minimum absolute atomic E-state index is 0.431. The first-order valence-electron chi connectivity index (χ1n) is 7.82. The van der Waals surface area contributed by atoms with Gasteiger partial charge in [0.05, 0.1) is 5.69 Å². The van der Waals surface area contributed by atoms with Crippen LogP contribution in [-0.4, -0.2) is 29.0 Å². The Morgan fingerprint density at radius 1 is 1.45 bits per heavy atom. The van der Waals surface area contributed by atoms with Crippen molar-refractivity contribution in [2.45, 2.75) is 32.4 Å². The molecule has 0 radical (unpaired) electrons. The molecule has 5 heteroatoms. The lowest BCUT2D eigenvalue weighted by Crippen LogP contribution is -2.48. The van der Waals surface area contributed by atoms with Gasteiger partial charge in [0.25, 0.3) is 0 Å². The number of hydrogen-bond acceptors (Lipinski definition) is 4.